The third-order valence-electron chi connectivity index (χ3n) is 4.03. The number of benzene rings is 3. The largest absolute Gasteiger partial charge is 0.496 e. The van der Waals surface area contributed by atoms with Gasteiger partial charge in [-0.3, -0.25) is 14.8 Å². The minimum atomic E-state index is -3.72. The van der Waals surface area contributed by atoms with Gasteiger partial charge in [0.15, 0.2) is 5.11 Å². The maximum atomic E-state index is 12.5. The van der Waals surface area contributed by atoms with E-state index in [9.17, 15) is 13.2 Å². The van der Waals surface area contributed by atoms with E-state index in [-0.39, 0.29) is 10.0 Å². The van der Waals surface area contributed by atoms with Gasteiger partial charge in [-0.15, -0.1) is 0 Å². The van der Waals surface area contributed by atoms with Crippen molar-refractivity contribution in [2.75, 3.05) is 17.1 Å². The van der Waals surface area contributed by atoms with Crippen molar-refractivity contribution in [3.8, 4) is 5.75 Å². The number of hydrogen-bond donors (Lipinski definition) is 3. The summed E-state index contributed by atoms with van der Waals surface area (Å²) in [6.45, 7) is 0. The smallest absolute Gasteiger partial charge is 0.261 e. The molecule has 0 aromatic heterocycles. The summed E-state index contributed by atoms with van der Waals surface area (Å²) >= 11 is 5.17. The summed E-state index contributed by atoms with van der Waals surface area (Å²) in [5.41, 5.74) is 1.34. The zero-order valence-corrected chi connectivity index (χ0v) is 17.6. The van der Waals surface area contributed by atoms with Gasteiger partial charge in [-0.05, 0) is 60.7 Å². The molecule has 0 aliphatic heterocycles. The van der Waals surface area contributed by atoms with Crippen molar-refractivity contribution in [3.63, 3.8) is 0 Å². The summed E-state index contributed by atoms with van der Waals surface area (Å²) in [6, 6.07) is 21.4. The minimum absolute atomic E-state index is 0.0731. The summed E-state index contributed by atoms with van der Waals surface area (Å²) in [6.07, 6.45) is 0. The zero-order valence-electron chi connectivity index (χ0n) is 16.0. The second-order valence-corrected chi connectivity index (χ2v) is 8.20. The fourth-order valence-electron chi connectivity index (χ4n) is 2.60. The lowest BCUT2D eigenvalue weighted by atomic mass is 10.2. The van der Waals surface area contributed by atoms with Gasteiger partial charge in [-0.1, -0.05) is 30.3 Å². The molecule has 0 bridgehead atoms. The van der Waals surface area contributed by atoms with Crippen LogP contribution in [-0.4, -0.2) is 26.5 Å². The van der Waals surface area contributed by atoms with Crippen molar-refractivity contribution in [1.29, 1.82) is 0 Å². The number of thiocarbonyl (C=S) groups is 1. The van der Waals surface area contributed by atoms with E-state index in [4.69, 9.17) is 17.0 Å². The number of carbonyl (C=O) groups is 1. The van der Waals surface area contributed by atoms with Gasteiger partial charge in [0, 0.05) is 11.4 Å². The highest BCUT2D eigenvalue weighted by atomic mass is 32.2. The molecular weight excluding hydrogens is 422 g/mol. The molecular formula is C21H19N3O4S2. The first-order valence-corrected chi connectivity index (χ1v) is 10.7. The van der Waals surface area contributed by atoms with Gasteiger partial charge in [-0.2, -0.15) is 0 Å². The van der Waals surface area contributed by atoms with Gasteiger partial charge in [0.25, 0.3) is 15.9 Å². The Morgan fingerprint density at radius 1 is 0.867 bits per heavy atom. The molecule has 1 amide bonds. The predicted octanol–water partition coefficient (Wildman–Crippen LogP) is 3.62. The molecule has 3 rings (SSSR count). The minimum Gasteiger partial charge on any atom is -0.496 e. The van der Waals surface area contributed by atoms with Crippen LogP contribution in [0.4, 0.5) is 11.4 Å². The van der Waals surface area contributed by atoms with E-state index in [1.54, 1.807) is 66.7 Å². The van der Waals surface area contributed by atoms with E-state index >= 15 is 0 Å². The number of sulfonamides is 1. The zero-order chi connectivity index (χ0) is 21.6. The van der Waals surface area contributed by atoms with Crippen molar-refractivity contribution < 1.29 is 17.9 Å². The molecule has 0 aliphatic rings. The quantitative estimate of drug-likeness (QED) is 0.506. The molecule has 0 saturated heterocycles. The second kappa shape index (κ2) is 9.38. The van der Waals surface area contributed by atoms with Crippen molar-refractivity contribution in [2.45, 2.75) is 4.90 Å². The third kappa shape index (κ3) is 5.34. The Morgan fingerprint density at radius 3 is 2.17 bits per heavy atom. The first-order chi connectivity index (χ1) is 14.4. The summed E-state index contributed by atoms with van der Waals surface area (Å²) in [7, 11) is -2.24. The summed E-state index contributed by atoms with van der Waals surface area (Å²) < 4.78 is 32.6. The van der Waals surface area contributed by atoms with Crippen molar-refractivity contribution in [3.05, 3.63) is 84.4 Å². The highest BCUT2D eigenvalue weighted by Gasteiger charge is 2.15. The van der Waals surface area contributed by atoms with Crippen molar-refractivity contribution in [2.24, 2.45) is 0 Å². The molecule has 9 heteroatoms. The van der Waals surface area contributed by atoms with Gasteiger partial charge < -0.3 is 10.1 Å². The number of anilines is 2. The monoisotopic (exact) mass is 441 g/mol. The average molecular weight is 442 g/mol. The molecule has 7 nitrogen and oxygen atoms in total. The van der Waals surface area contributed by atoms with Crippen LogP contribution in [0.3, 0.4) is 0 Å². The fraction of sp³-hybridized carbons (Fsp3) is 0.0476. The second-order valence-electron chi connectivity index (χ2n) is 6.10. The fourth-order valence-corrected chi connectivity index (χ4v) is 3.87. The lowest BCUT2D eigenvalue weighted by Crippen LogP contribution is -2.34. The maximum Gasteiger partial charge on any atom is 0.261 e. The van der Waals surface area contributed by atoms with Crippen LogP contribution >= 0.6 is 12.2 Å². The lowest BCUT2D eigenvalue weighted by molar-refractivity contribution is 0.0974. The molecule has 0 atom stereocenters. The topological polar surface area (TPSA) is 96.5 Å². The van der Waals surface area contributed by atoms with Gasteiger partial charge in [-0.25, -0.2) is 8.42 Å². The number of hydrogen-bond acceptors (Lipinski definition) is 5. The Morgan fingerprint density at radius 2 is 1.50 bits per heavy atom. The molecule has 0 fully saturated rings. The molecule has 0 radical (unpaired) electrons. The highest BCUT2D eigenvalue weighted by Crippen LogP contribution is 2.19. The highest BCUT2D eigenvalue weighted by molar-refractivity contribution is 7.92. The Hall–Kier alpha value is -3.43. The Labute approximate surface area is 180 Å². The Balaban J connectivity index is 1.64. The van der Waals surface area contributed by atoms with E-state index in [1.807, 2.05) is 0 Å². The summed E-state index contributed by atoms with van der Waals surface area (Å²) in [5, 5.41) is 5.49. The van der Waals surface area contributed by atoms with Crippen LogP contribution in [0.25, 0.3) is 0 Å². The maximum absolute atomic E-state index is 12.5. The predicted molar refractivity (Wildman–Crippen MR) is 120 cm³/mol. The van der Waals surface area contributed by atoms with E-state index in [2.05, 4.69) is 15.4 Å². The van der Waals surface area contributed by atoms with Gasteiger partial charge >= 0.3 is 0 Å². The van der Waals surface area contributed by atoms with Crippen LogP contribution in [0.2, 0.25) is 0 Å². The standard InChI is InChI=1S/C21H19N3O4S2/c1-28-19-10-6-5-9-18(19)20(25)23-21(29)22-15-11-13-17(14-12-15)30(26,27)24-16-7-3-2-4-8-16/h2-14,24H,1H3,(H2,22,23,25,29). The van der Waals surface area contributed by atoms with Crippen molar-refractivity contribution in [1.82, 2.24) is 5.32 Å². The van der Waals surface area contributed by atoms with Gasteiger partial charge in [0.05, 0.1) is 17.6 Å². The number of nitrogens with one attached hydrogen (secondary N) is 3. The molecule has 3 N–H and O–H groups in total. The Kier molecular flexibility index (Phi) is 6.65. The molecule has 154 valence electrons. The SMILES string of the molecule is COc1ccccc1C(=O)NC(=S)Nc1ccc(S(=O)(=O)Nc2ccccc2)cc1. The van der Waals surface area contributed by atoms with Crippen LogP contribution in [0.5, 0.6) is 5.75 Å². The number of rotatable bonds is 6. The third-order valence-corrected chi connectivity index (χ3v) is 5.63. The van der Waals surface area contributed by atoms with Crippen molar-refractivity contribution >= 4 is 44.6 Å². The normalized spacial score (nSPS) is 10.7. The molecule has 0 spiro atoms. The molecule has 0 heterocycles. The van der Waals surface area contributed by atoms with E-state index < -0.39 is 15.9 Å². The van der Waals surface area contributed by atoms with Crippen LogP contribution in [-0.2, 0) is 10.0 Å². The first-order valence-electron chi connectivity index (χ1n) is 8.82. The van der Waals surface area contributed by atoms with Crippen LogP contribution < -0.4 is 20.1 Å². The Bertz CT molecular complexity index is 1150. The molecule has 3 aromatic rings. The number of carbonyl (C=O) groups excluding carboxylic acids is 1. The van der Waals surface area contributed by atoms with E-state index in [1.165, 1.54) is 19.2 Å². The van der Waals surface area contributed by atoms with E-state index in [0.29, 0.717) is 22.7 Å². The lowest BCUT2D eigenvalue weighted by Gasteiger charge is -2.12. The summed E-state index contributed by atoms with van der Waals surface area (Å²) in [5.74, 6) is 0.00878. The van der Waals surface area contributed by atoms with Gasteiger partial charge in [0.1, 0.15) is 5.75 Å². The average Bonchev–Trinajstić information content (AvgIpc) is 2.74. The van der Waals surface area contributed by atoms with Crippen LogP contribution in [0, 0.1) is 0 Å². The first kappa shape index (κ1) is 21.3. The molecule has 3 aromatic carbocycles. The number of para-hydroxylation sites is 2. The summed E-state index contributed by atoms with van der Waals surface area (Å²) in [4.78, 5) is 12.5. The van der Waals surface area contributed by atoms with Gasteiger partial charge in [0.2, 0.25) is 0 Å². The molecule has 30 heavy (non-hydrogen) atoms. The van der Waals surface area contributed by atoms with E-state index in [0.717, 1.165) is 0 Å². The molecule has 0 unspecified atom stereocenters. The van der Waals surface area contributed by atoms with Crippen LogP contribution in [0.1, 0.15) is 10.4 Å². The number of amides is 1. The number of methoxy groups -OCH3 is 1. The number of ether oxygens (including phenoxy) is 1. The molecule has 0 saturated carbocycles. The molecule has 0 aliphatic carbocycles. The van der Waals surface area contributed by atoms with Crippen LogP contribution in [0.15, 0.2) is 83.8 Å².